The zero-order valence-electron chi connectivity index (χ0n) is 7.03. The Morgan fingerprint density at radius 1 is 1.62 bits per heavy atom. The fourth-order valence-corrected chi connectivity index (χ4v) is 1.14. The smallest absolute Gasteiger partial charge is 0.345 e. The van der Waals surface area contributed by atoms with E-state index in [1.165, 1.54) is 7.11 Å². The van der Waals surface area contributed by atoms with Gasteiger partial charge in [-0.05, 0) is 34.1 Å². The number of nitrogens with zero attached hydrogens (tertiary/aromatic N) is 1. The van der Waals surface area contributed by atoms with Crippen molar-refractivity contribution in [3.05, 3.63) is 34.6 Å². The predicted molar refractivity (Wildman–Crippen MR) is 53.2 cm³/mol. The molecule has 0 bridgehead atoms. The van der Waals surface area contributed by atoms with E-state index < -0.39 is 5.97 Å². The fraction of sp³-hybridized carbons (Fsp3) is 0.111. The van der Waals surface area contributed by atoms with E-state index in [1.54, 1.807) is 18.3 Å². The Hall–Kier alpha value is -1.16. The number of esters is 1. The van der Waals surface area contributed by atoms with Crippen molar-refractivity contribution in [3.8, 4) is 0 Å². The summed E-state index contributed by atoms with van der Waals surface area (Å²) < 4.78 is 4.86. The van der Waals surface area contributed by atoms with Crippen LogP contribution in [-0.2, 0) is 9.53 Å². The number of halogens is 1. The summed E-state index contributed by atoms with van der Waals surface area (Å²) >= 11 is 3.09. The van der Waals surface area contributed by atoms with Crippen LogP contribution < -0.4 is 0 Å². The zero-order valence-corrected chi connectivity index (χ0v) is 8.61. The van der Waals surface area contributed by atoms with Crippen LogP contribution >= 0.6 is 15.9 Å². The lowest BCUT2D eigenvalue weighted by Gasteiger charge is -1.96. The molecule has 0 aliphatic heterocycles. The third-order valence-electron chi connectivity index (χ3n) is 1.34. The second kappa shape index (κ2) is 4.77. The Balaban J connectivity index is 2.83. The van der Waals surface area contributed by atoms with E-state index in [-0.39, 0.29) is 0 Å². The van der Waals surface area contributed by atoms with Crippen molar-refractivity contribution in [2.24, 2.45) is 0 Å². The number of methoxy groups -OCH3 is 1. The lowest BCUT2D eigenvalue weighted by atomic mass is 10.3. The Morgan fingerprint density at radius 2 is 2.38 bits per heavy atom. The van der Waals surface area contributed by atoms with Crippen LogP contribution in [0, 0.1) is 0 Å². The Morgan fingerprint density at radius 3 is 2.92 bits per heavy atom. The van der Waals surface area contributed by atoms with Gasteiger partial charge in [0.15, 0.2) is 0 Å². The molecule has 68 valence electrons. The van der Waals surface area contributed by atoms with Gasteiger partial charge in [0.05, 0.1) is 12.8 Å². The van der Waals surface area contributed by atoms with Gasteiger partial charge >= 0.3 is 5.97 Å². The summed E-state index contributed by atoms with van der Waals surface area (Å²) in [7, 11) is 1.33. The maximum Gasteiger partial charge on any atom is 0.345 e. The van der Waals surface area contributed by atoms with Crippen molar-refractivity contribution in [2.75, 3.05) is 7.11 Å². The third kappa shape index (κ3) is 2.99. The first-order valence-electron chi connectivity index (χ1n) is 3.60. The number of carbonyl (C=O) groups is 1. The molecule has 0 spiro atoms. The lowest BCUT2D eigenvalue weighted by Crippen LogP contribution is -1.98. The quantitative estimate of drug-likeness (QED) is 0.588. The monoisotopic (exact) mass is 241 g/mol. The van der Waals surface area contributed by atoms with Gasteiger partial charge < -0.3 is 4.74 Å². The Kier molecular flexibility index (Phi) is 3.64. The fourth-order valence-electron chi connectivity index (χ4n) is 0.748. The van der Waals surface area contributed by atoms with E-state index in [1.807, 2.05) is 12.1 Å². The van der Waals surface area contributed by atoms with E-state index in [0.29, 0.717) is 10.2 Å². The van der Waals surface area contributed by atoms with Gasteiger partial charge in [-0.1, -0.05) is 6.07 Å². The maximum absolute atomic E-state index is 11.0. The van der Waals surface area contributed by atoms with Crippen molar-refractivity contribution in [1.82, 2.24) is 4.98 Å². The van der Waals surface area contributed by atoms with Crippen LogP contribution in [0.4, 0.5) is 0 Å². The number of ether oxygens (including phenoxy) is 1. The molecule has 1 heterocycles. The molecule has 0 saturated heterocycles. The van der Waals surface area contributed by atoms with Crippen LogP contribution in [0.2, 0.25) is 0 Å². The highest BCUT2D eigenvalue weighted by Gasteiger charge is 2.04. The van der Waals surface area contributed by atoms with Crippen LogP contribution in [-0.4, -0.2) is 18.1 Å². The van der Waals surface area contributed by atoms with Crippen molar-refractivity contribution in [3.63, 3.8) is 0 Å². The second-order valence-corrected chi connectivity index (χ2v) is 3.09. The van der Waals surface area contributed by atoms with Crippen molar-refractivity contribution in [2.45, 2.75) is 0 Å². The van der Waals surface area contributed by atoms with Gasteiger partial charge in [-0.15, -0.1) is 0 Å². The summed E-state index contributed by atoms with van der Waals surface area (Å²) in [6.07, 6.45) is 3.26. The lowest BCUT2D eigenvalue weighted by molar-refractivity contribution is -0.135. The maximum atomic E-state index is 11.0. The summed E-state index contributed by atoms with van der Waals surface area (Å²) in [5.41, 5.74) is 0.708. The highest BCUT2D eigenvalue weighted by atomic mass is 79.9. The number of carbonyl (C=O) groups excluding carboxylic acids is 1. The number of aromatic nitrogens is 1. The average Bonchev–Trinajstić information content (AvgIpc) is 2.18. The first kappa shape index (κ1) is 9.92. The molecule has 0 saturated carbocycles. The normalized spacial score (nSPS) is 11.1. The van der Waals surface area contributed by atoms with E-state index in [9.17, 15) is 4.79 Å². The van der Waals surface area contributed by atoms with Gasteiger partial charge in [-0.3, -0.25) is 4.98 Å². The van der Waals surface area contributed by atoms with Gasteiger partial charge in [-0.2, -0.15) is 0 Å². The summed E-state index contributed by atoms with van der Waals surface area (Å²) in [5, 5.41) is 0. The molecule has 0 fully saturated rings. The van der Waals surface area contributed by atoms with Crippen LogP contribution in [0.15, 0.2) is 28.9 Å². The summed E-state index contributed by atoms with van der Waals surface area (Å²) in [6, 6.07) is 5.45. The molecular formula is C9H8BrNO2. The van der Waals surface area contributed by atoms with Gasteiger partial charge in [0.25, 0.3) is 0 Å². The van der Waals surface area contributed by atoms with Crippen LogP contribution in [0.3, 0.4) is 0 Å². The van der Waals surface area contributed by atoms with Gasteiger partial charge in [0.2, 0.25) is 0 Å². The molecule has 0 N–H and O–H groups in total. The molecule has 0 aliphatic rings. The Bertz CT molecular complexity index is 322. The molecule has 1 aromatic heterocycles. The molecule has 3 nitrogen and oxygen atoms in total. The first-order valence-corrected chi connectivity index (χ1v) is 4.40. The topological polar surface area (TPSA) is 39.2 Å². The second-order valence-electron chi connectivity index (χ2n) is 2.24. The first-order chi connectivity index (χ1) is 6.24. The molecular weight excluding hydrogens is 234 g/mol. The van der Waals surface area contributed by atoms with Crippen LogP contribution in [0.5, 0.6) is 0 Å². The number of rotatable bonds is 2. The summed E-state index contributed by atoms with van der Waals surface area (Å²) in [6.45, 7) is 0. The largest absolute Gasteiger partial charge is 0.465 e. The molecule has 0 atom stereocenters. The Labute approximate surface area is 84.6 Å². The highest BCUT2D eigenvalue weighted by molar-refractivity contribution is 9.12. The standard InChI is InChI=1S/C9H8BrNO2/c1-13-9(12)8(10)6-7-4-2-3-5-11-7/h2-6H,1H3/b8-6-. The number of hydrogen-bond donors (Lipinski definition) is 0. The summed E-state index contributed by atoms with van der Waals surface area (Å²) in [4.78, 5) is 15.0. The minimum absolute atomic E-state index is 0.355. The van der Waals surface area contributed by atoms with Crippen molar-refractivity contribution < 1.29 is 9.53 Å². The van der Waals surface area contributed by atoms with E-state index in [0.717, 1.165) is 0 Å². The zero-order chi connectivity index (χ0) is 9.68. The van der Waals surface area contributed by atoms with E-state index >= 15 is 0 Å². The summed E-state index contributed by atoms with van der Waals surface area (Å²) in [5.74, 6) is -0.411. The highest BCUT2D eigenvalue weighted by Crippen LogP contribution is 2.11. The molecule has 1 rings (SSSR count). The molecule has 0 aromatic carbocycles. The van der Waals surface area contributed by atoms with E-state index in [2.05, 4.69) is 25.7 Å². The third-order valence-corrected chi connectivity index (χ3v) is 1.90. The molecule has 0 unspecified atom stereocenters. The molecule has 0 amide bonds. The number of pyridine rings is 1. The molecule has 13 heavy (non-hydrogen) atoms. The van der Waals surface area contributed by atoms with Crippen LogP contribution in [0.1, 0.15) is 5.69 Å². The van der Waals surface area contributed by atoms with Crippen molar-refractivity contribution in [1.29, 1.82) is 0 Å². The average molecular weight is 242 g/mol. The van der Waals surface area contributed by atoms with E-state index in [4.69, 9.17) is 0 Å². The van der Waals surface area contributed by atoms with Crippen LogP contribution in [0.25, 0.3) is 6.08 Å². The minimum Gasteiger partial charge on any atom is -0.465 e. The molecule has 0 aliphatic carbocycles. The molecule has 4 heteroatoms. The van der Waals surface area contributed by atoms with Gasteiger partial charge in [-0.25, -0.2) is 4.79 Å². The van der Waals surface area contributed by atoms with Gasteiger partial charge in [0, 0.05) is 6.20 Å². The molecule has 1 aromatic rings. The van der Waals surface area contributed by atoms with Crippen molar-refractivity contribution >= 4 is 28.0 Å². The number of hydrogen-bond acceptors (Lipinski definition) is 3. The SMILES string of the molecule is COC(=O)/C(Br)=C/c1ccccn1. The minimum atomic E-state index is -0.411. The molecule has 0 radical (unpaired) electrons. The predicted octanol–water partition coefficient (Wildman–Crippen LogP) is 1.99. The van der Waals surface area contributed by atoms with Gasteiger partial charge in [0.1, 0.15) is 4.48 Å².